The molecular weight excluding hydrogens is 394 g/mol. The van der Waals surface area contributed by atoms with Gasteiger partial charge in [-0.15, -0.1) is 0 Å². The van der Waals surface area contributed by atoms with Gasteiger partial charge in [-0.2, -0.15) is 4.31 Å². The van der Waals surface area contributed by atoms with Crippen molar-refractivity contribution in [3.05, 3.63) is 84.3 Å². The van der Waals surface area contributed by atoms with Crippen molar-refractivity contribution in [2.45, 2.75) is 18.0 Å². The summed E-state index contributed by atoms with van der Waals surface area (Å²) in [5, 5.41) is 6.47. The third-order valence-electron chi connectivity index (χ3n) is 4.07. The molecule has 0 aliphatic heterocycles. The van der Waals surface area contributed by atoms with Crippen LogP contribution in [0.5, 0.6) is 0 Å². The van der Waals surface area contributed by atoms with E-state index in [0.717, 1.165) is 11.3 Å². The quantitative estimate of drug-likeness (QED) is 0.575. The Morgan fingerprint density at radius 1 is 1.04 bits per heavy atom. The Balaban J connectivity index is 1.60. The predicted molar refractivity (Wildman–Crippen MR) is 113 cm³/mol. The van der Waals surface area contributed by atoms with Crippen molar-refractivity contribution in [3.8, 4) is 0 Å². The molecule has 6 nitrogen and oxygen atoms in total. The summed E-state index contributed by atoms with van der Waals surface area (Å²) in [7, 11) is -2.01. The Labute approximate surface area is 170 Å². The van der Waals surface area contributed by atoms with Gasteiger partial charge in [-0.3, -0.25) is 0 Å². The van der Waals surface area contributed by atoms with Crippen LogP contribution in [-0.4, -0.2) is 24.9 Å². The van der Waals surface area contributed by atoms with E-state index in [1.165, 1.54) is 4.31 Å². The fourth-order valence-electron chi connectivity index (χ4n) is 2.57. The Morgan fingerprint density at radius 2 is 1.75 bits per heavy atom. The van der Waals surface area contributed by atoms with Crippen LogP contribution in [0.2, 0.25) is 0 Å². The lowest BCUT2D eigenvalue weighted by Gasteiger charge is -2.17. The van der Waals surface area contributed by atoms with Crippen molar-refractivity contribution < 1.29 is 12.8 Å². The van der Waals surface area contributed by atoms with E-state index in [-0.39, 0.29) is 4.90 Å². The van der Waals surface area contributed by atoms with E-state index in [2.05, 4.69) is 10.6 Å². The van der Waals surface area contributed by atoms with E-state index in [4.69, 9.17) is 16.6 Å². The maximum Gasteiger partial charge on any atom is 0.243 e. The molecule has 0 saturated heterocycles. The van der Waals surface area contributed by atoms with E-state index in [1.807, 2.05) is 42.5 Å². The van der Waals surface area contributed by atoms with Crippen molar-refractivity contribution in [2.75, 3.05) is 12.4 Å². The molecular formula is C20H21N3O3S2. The van der Waals surface area contributed by atoms with Gasteiger partial charge in [0.2, 0.25) is 10.0 Å². The van der Waals surface area contributed by atoms with Gasteiger partial charge in [0.25, 0.3) is 0 Å². The van der Waals surface area contributed by atoms with Crippen LogP contribution < -0.4 is 10.6 Å². The number of anilines is 1. The smallest absolute Gasteiger partial charge is 0.243 e. The SMILES string of the molecule is CN(Cc1ccccc1)S(=O)(=O)c1ccc(NC(=S)NCc2ccco2)cc1. The largest absolute Gasteiger partial charge is 0.467 e. The molecule has 28 heavy (non-hydrogen) atoms. The number of sulfonamides is 1. The number of hydrogen-bond acceptors (Lipinski definition) is 4. The van der Waals surface area contributed by atoms with Crippen LogP contribution in [0.3, 0.4) is 0 Å². The molecule has 0 amide bonds. The summed E-state index contributed by atoms with van der Waals surface area (Å²) in [4.78, 5) is 0.228. The van der Waals surface area contributed by atoms with Gasteiger partial charge >= 0.3 is 0 Å². The van der Waals surface area contributed by atoms with Gasteiger partial charge in [-0.05, 0) is 54.2 Å². The maximum atomic E-state index is 12.8. The van der Waals surface area contributed by atoms with E-state index in [1.54, 1.807) is 37.6 Å². The zero-order valence-corrected chi connectivity index (χ0v) is 17.0. The first kappa shape index (κ1) is 20.1. The fraction of sp³-hybridized carbons (Fsp3) is 0.150. The maximum absolute atomic E-state index is 12.8. The van der Waals surface area contributed by atoms with Crippen LogP contribution in [0.15, 0.2) is 82.3 Å². The molecule has 0 spiro atoms. The summed E-state index contributed by atoms with van der Waals surface area (Å²) in [5.41, 5.74) is 1.63. The van der Waals surface area contributed by atoms with Crippen LogP contribution in [-0.2, 0) is 23.1 Å². The van der Waals surface area contributed by atoms with Gasteiger partial charge in [-0.1, -0.05) is 30.3 Å². The first-order chi connectivity index (χ1) is 13.4. The lowest BCUT2D eigenvalue weighted by Crippen LogP contribution is -2.28. The van der Waals surface area contributed by atoms with Gasteiger partial charge in [-0.25, -0.2) is 8.42 Å². The van der Waals surface area contributed by atoms with E-state index >= 15 is 0 Å². The highest BCUT2D eigenvalue weighted by molar-refractivity contribution is 7.89. The molecule has 0 aliphatic rings. The number of thiocarbonyl (C=S) groups is 1. The molecule has 3 aromatic rings. The number of hydrogen-bond donors (Lipinski definition) is 2. The van der Waals surface area contributed by atoms with Crippen LogP contribution in [0, 0.1) is 0 Å². The van der Waals surface area contributed by atoms with Crippen LogP contribution in [0.1, 0.15) is 11.3 Å². The third-order valence-corrected chi connectivity index (χ3v) is 6.14. The number of nitrogens with one attached hydrogen (secondary N) is 2. The normalized spacial score (nSPS) is 11.4. The summed E-state index contributed by atoms with van der Waals surface area (Å²) in [6.07, 6.45) is 1.60. The molecule has 1 heterocycles. The molecule has 146 valence electrons. The summed E-state index contributed by atoms with van der Waals surface area (Å²) in [6, 6.07) is 19.6. The van der Waals surface area contributed by atoms with Gasteiger partial charge in [0.15, 0.2) is 5.11 Å². The van der Waals surface area contributed by atoms with E-state index in [0.29, 0.717) is 23.9 Å². The highest BCUT2D eigenvalue weighted by Crippen LogP contribution is 2.19. The molecule has 0 saturated carbocycles. The highest BCUT2D eigenvalue weighted by atomic mass is 32.2. The highest BCUT2D eigenvalue weighted by Gasteiger charge is 2.20. The predicted octanol–water partition coefficient (Wildman–Crippen LogP) is 3.59. The average molecular weight is 416 g/mol. The second kappa shape index (κ2) is 9.01. The first-order valence-corrected chi connectivity index (χ1v) is 10.5. The van der Waals surface area contributed by atoms with E-state index < -0.39 is 10.0 Å². The third kappa shape index (κ3) is 5.19. The molecule has 0 radical (unpaired) electrons. The Morgan fingerprint density at radius 3 is 2.39 bits per heavy atom. The Hall–Kier alpha value is -2.68. The molecule has 0 atom stereocenters. The van der Waals surface area contributed by atoms with Gasteiger partial charge in [0.05, 0.1) is 17.7 Å². The molecule has 2 aromatic carbocycles. The van der Waals surface area contributed by atoms with E-state index in [9.17, 15) is 8.42 Å². The first-order valence-electron chi connectivity index (χ1n) is 8.63. The number of furan rings is 1. The number of benzene rings is 2. The standard InChI is InChI=1S/C20H21N3O3S2/c1-23(15-16-6-3-2-4-7-16)28(24,25)19-11-9-17(10-12-19)22-20(27)21-14-18-8-5-13-26-18/h2-13H,14-15H2,1H3,(H2,21,22,27). The van der Waals surface area contributed by atoms with Gasteiger partial charge < -0.3 is 15.1 Å². The summed E-state index contributed by atoms with van der Waals surface area (Å²) in [6.45, 7) is 0.777. The molecule has 3 rings (SSSR count). The van der Waals surface area contributed by atoms with Crippen molar-refractivity contribution in [2.24, 2.45) is 0 Å². The lowest BCUT2D eigenvalue weighted by atomic mass is 10.2. The summed E-state index contributed by atoms with van der Waals surface area (Å²) < 4.78 is 32.1. The van der Waals surface area contributed by atoms with Crippen molar-refractivity contribution >= 4 is 33.0 Å². The minimum Gasteiger partial charge on any atom is -0.467 e. The zero-order chi connectivity index (χ0) is 20.0. The van der Waals surface area contributed by atoms with Crippen molar-refractivity contribution in [1.82, 2.24) is 9.62 Å². The summed E-state index contributed by atoms with van der Waals surface area (Å²) in [5.74, 6) is 0.770. The number of nitrogens with zero attached hydrogens (tertiary/aromatic N) is 1. The molecule has 0 fully saturated rings. The molecule has 1 aromatic heterocycles. The zero-order valence-electron chi connectivity index (χ0n) is 15.3. The monoisotopic (exact) mass is 415 g/mol. The van der Waals surface area contributed by atoms with Crippen LogP contribution in [0.25, 0.3) is 0 Å². The van der Waals surface area contributed by atoms with Gasteiger partial charge in [0.1, 0.15) is 5.76 Å². The lowest BCUT2D eigenvalue weighted by molar-refractivity contribution is 0.467. The molecule has 8 heteroatoms. The van der Waals surface area contributed by atoms with Crippen molar-refractivity contribution in [3.63, 3.8) is 0 Å². The molecule has 0 unspecified atom stereocenters. The fourth-order valence-corrected chi connectivity index (χ4v) is 3.92. The molecule has 2 N–H and O–H groups in total. The average Bonchev–Trinajstić information content (AvgIpc) is 3.21. The van der Waals surface area contributed by atoms with Crippen molar-refractivity contribution in [1.29, 1.82) is 0 Å². The summed E-state index contributed by atoms with van der Waals surface area (Å²) >= 11 is 5.24. The topological polar surface area (TPSA) is 74.6 Å². The Kier molecular flexibility index (Phi) is 6.45. The number of rotatable bonds is 7. The van der Waals surface area contributed by atoms with Crippen LogP contribution >= 0.6 is 12.2 Å². The minimum atomic E-state index is -3.58. The van der Waals surface area contributed by atoms with Gasteiger partial charge in [0, 0.05) is 19.3 Å². The van der Waals surface area contributed by atoms with Crippen LogP contribution in [0.4, 0.5) is 5.69 Å². The Bertz CT molecular complexity index is 1000. The second-order valence-corrected chi connectivity index (χ2v) is 8.61. The molecule has 0 aliphatic carbocycles. The second-order valence-electron chi connectivity index (χ2n) is 6.16. The minimum absolute atomic E-state index is 0.228. The molecule has 0 bridgehead atoms.